The Bertz CT molecular complexity index is 1160. The molecule has 0 aliphatic heterocycles. The number of rotatable bonds is 10. The summed E-state index contributed by atoms with van der Waals surface area (Å²) in [5.41, 5.74) is 1.21. The molecule has 0 saturated carbocycles. The molecular formula is C24H24ClFN6O2. The fourth-order valence-corrected chi connectivity index (χ4v) is 3.20. The van der Waals surface area contributed by atoms with Crippen LogP contribution in [-0.2, 0) is 4.79 Å². The molecule has 1 heterocycles. The summed E-state index contributed by atoms with van der Waals surface area (Å²) in [7, 11) is 1.46. The molecule has 0 radical (unpaired) electrons. The molecule has 3 aromatic rings. The molecule has 2 aromatic carbocycles. The molecule has 0 fully saturated rings. The first-order valence-electron chi connectivity index (χ1n) is 10.5. The summed E-state index contributed by atoms with van der Waals surface area (Å²) in [6.45, 7) is 4.25. The average molecular weight is 483 g/mol. The van der Waals surface area contributed by atoms with Crippen molar-refractivity contribution in [3.05, 3.63) is 84.8 Å². The zero-order valence-corrected chi connectivity index (χ0v) is 19.3. The highest BCUT2D eigenvalue weighted by atomic mass is 35.5. The fraction of sp³-hybridized carbons (Fsp3) is 0.167. The van der Waals surface area contributed by atoms with Gasteiger partial charge in [-0.1, -0.05) is 24.8 Å². The van der Waals surface area contributed by atoms with Crippen molar-refractivity contribution in [2.75, 3.05) is 34.8 Å². The second-order valence-corrected chi connectivity index (χ2v) is 7.60. The maximum absolute atomic E-state index is 14.2. The lowest BCUT2D eigenvalue weighted by Gasteiger charge is -2.18. The maximum atomic E-state index is 14.2. The number of likely N-dealkylation sites (N-methyl/N-ethyl adjacent to an activating group) is 1. The normalized spacial score (nSPS) is 10.3. The van der Waals surface area contributed by atoms with E-state index in [2.05, 4.69) is 27.2 Å². The molecule has 0 saturated heterocycles. The van der Waals surface area contributed by atoms with Gasteiger partial charge in [0.1, 0.15) is 11.6 Å². The van der Waals surface area contributed by atoms with Crippen molar-refractivity contribution >= 4 is 46.7 Å². The Morgan fingerprint density at radius 1 is 1.18 bits per heavy atom. The molecule has 1 aromatic heterocycles. The molecule has 34 heavy (non-hydrogen) atoms. The van der Waals surface area contributed by atoms with Gasteiger partial charge in [0.25, 0.3) is 5.91 Å². The number of carbonyl (C=O) groups is 2. The standard InChI is InChI=1S/C24H24ClFN6O2/c1-3-22(33)31(2)20-16-18(10-11-19(20)26)29-21-12-14-28-24(30-21)32(25)15-7-13-27-23(34)17-8-5-4-6-9-17/h3-6,8-12,14,16H,1,7,13,15H2,2H3,(H,27,34)(H,28,29,30). The maximum Gasteiger partial charge on any atom is 0.251 e. The van der Waals surface area contributed by atoms with Gasteiger partial charge in [0.05, 0.1) is 5.69 Å². The molecule has 176 valence electrons. The van der Waals surface area contributed by atoms with Crippen molar-refractivity contribution in [2.45, 2.75) is 6.42 Å². The van der Waals surface area contributed by atoms with E-state index in [1.165, 1.54) is 35.9 Å². The Balaban J connectivity index is 1.57. The first-order valence-corrected chi connectivity index (χ1v) is 10.8. The molecule has 2 amide bonds. The number of nitrogens with zero attached hydrogens (tertiary/aromatic N) is 4. The van der Waals surface area contributed by atoms with E-state index in [-0.39, 0.29) is 17.5 Å². The van der Waals surface area contributed by atoms with Gasteiger partial charge in [0, 0.05) is 49.4 Å². The van der Waals surface area contributed by atoms with Crippen molar-refractivity contribution in [1.29, 1.82) is 0 Å². The smallest absolute Gasteiger partial charge is 0.251 e. The van der Waals surface area contributed by atoms with E-state index in [0.29, 0.717) is 36.6 Å². The van der Waals surface area contributed by atoms with E-state index >= 15 is 0 Å². The molecule has 0 bridgehead atoms. The quantitative estimate of drug-likeness (QED) is 0.254. The molecular weight excluding hydrogens is 459 g/mol. The van der Waals surface area contributed by atoms with Crippen LogP contribution in [0.2, 0.25) is 0 Å². The second-order valence-electron chi connectivity index (χ2n) is 7.20. The first-order chi connectivity index (χ1) is 16.4. The summed E-state index contributed by atoms with van der Waals surface area (Å²) in [4.78, 5) is 33.6. The lowest BCUT2D eigenvalue weighted by molar-refractivity contribution is -0.113. The molecule has 0 unspecified atom stereocenters. The zero-order valence-electron chi connectivity index (χ0n) is 18.5. The summed E-state index contributed by atoms with van der Waals surface area (Å²) in [6.07, 6.45) is 3.22. The van der Waals surface area contributed by atoms with E-state index in [4.69, 9.17) is 11.8 Å². The Hall–Kier alpha value is -3.98. The second kappa shape index (κ2) is 11.8. The van der Waals surface area contributed by atoms with E-state index in [1.54, 1.807) is 30.3 Å². The van der Waals surface area contributed by atoms with Crippen LogP contribution in [0.5, 0.6) is 0 Å². The van der Waals surface area contributed by atoms with Crippen LogP contribution >= 0.6 is 11.8 Å². The number of amides is 2. The van der Waals surface area contributed by atoms with Crippen LogP contribution in [0.15, 0.2) is 73.4 Å². The summed E-state index contributed by atoms with van der Waals surface area (Å²) in [5, 5.41) is 5.89. The van der Waals surface area contributed by atoms with Crippen LogP contribution in [0, 0.1) is 5.82 Å². The predicted molar refractivity (Wildman–Crippen MR) is 132 cm³/mol. The summed E-state index contributed by atoms with van der Waals surface area (Å²) >= 11 is 6.32. The van der Waals surface area contributed by atoms with Crippen molar-refractivity contribution < 1.29 is 14.0 Å². The van der Waals surface area contributed by atoms with Crippen molar-refractivity contribution in [3.63, 3.8) is 0 Å². The minimum atomic E-state index is -0.544. The predicted octanol–water partition coefficient (Wildman–Crippen LogP) is 4.29. The molecule has 0 spiro atoms. The van der Waals surface area contributed by atoms with Gasteiger partial charge in [0.2, 0.25) is 11.9 Å². The third-order valence-corrected chi connectivity index (χ3v) is 5.12. The molecule has 0 aliphatic carbocycles. The van der Waals surface area contributed by atoms with Crippen molar-refractivity contribution in [3.8, 4) is 0 Å². The van der Waals surface area contributed by atoms with E-state index < -0.39 is 11.7 Å². The van der Waals surface area contributed by atoms with E-state index in [0.717, 1.165) is 11.0 Å². The number of benzene rings is 2. The minimum Gasteiger partial charge on any atom is -0.352 e. The van der Waals surface area contributed by atoms with Gasteiger partial charge in [0.15, 0.2) is 0 Å². The number of halogens is 2. The Morgan fingerprint density at radius 3 is 2.68 bits per heavy atom. The number of hydrogen-bond donors (Lipinski definition) is 2. The van der Waals surface area contributed by atoms with Gasteiger partial charge in [-0.05, 0) is 48.9 Å². The topological polar surface area (TPSA) is 90.5 Å². The van der Waals surface area contributed by atoms with Crippen LogP contribution in [0.4, 0.5) is 27.5 Å². The average Bonchev–Trinajstić information content (AvgIpc) is 2.87. The highest BCUT2D eigenvalue weighted by Crippen LogP contribution is 2.25. The highest BCUT2D eigenvalue weighted by molar-refractivity contribution is 6.25. The van der Waals surface area contributed by atoms with Gasteiger partial charge in [-0.15, -0.1) is 0 Å². The minimum absolute atomic E-state index is 0.0979. The number of carbonyl (C=O) groups excluding carboxylic acids is 2. The highest BCUT2D eigenvalue weighted by Gasteiger charge is 2.14. The Morgan fingerprint density at radius 2 is 1.94 bits per heavy atom. The largest absolute Gasteiger partial charge is 0.352 e. The molecule has 0 atom stereocenters. The fourth-order valence-electron chi connectivity index (χ4n) is 3.00. The Kier molecular flexibility index (Phi) is 8.53. The van der Waals surface area contributed by atoms with E-state index in [1.807, 2.05) is 6.07 Å². The summed E-state index contributed by atoms with van der Waals surface area (Å²) in [5.74, 6) is -0.426. The molecule has 8 nitrogen and oxygen atoms in total. The Labute approximate surface area is 202 Å². The lowest BCUT2D eigenvalue weighted by atomic mass is 10.2. The summed E-state index contributed by atoms with van der Waals surface area (Å²) in [6, 6.07) is 14.9. The summed E-state index contributed by atoms with van der Waals surface area (Å²) < 4.78 is 15.5. The molecule has 3 rings (SSSR count). The number of anilines is 4. The van der Waals surface area contributed by atoms with Gasteiger partial charge >= 0.3 is 0 Å². The molecule has 10 heteroatoms. The first kappa shape index (κ1) is 24.7. The van der Waals surface area contributed by atoms with Crippen LogP contribution in [0.25, 0.3) is 0 Å². The third-order valence-electron chi connectivity index (χ3n) is 4.80. The van der Waals surface area contributed by atoms with E-state index in [9.17, 15) is 14.0 Å². The monoisotopic (exact) mass is 482 g/mol. The third kappa shape index (κ3) is 6.52. The molecule has 0 aliphatic rings. The lowest BCUT2D eigenvalue weighted by Crippen LogP contribution is -2.27. The van der Waals surface area contributed by atoms with Gasteiger partial charge in [-0.3, -0.25) is 14.0 Å². The van der Waals surface area contributed by atoms with Gasteiger partial charge in [-0.2, -0.15) is 4.98 Å². The van der Waals surface area contributed by atoms with Crippen molar-refractivity contribution in [2.24, 2.45) is 0 Å². The number of nitrogens with one attached hydrogen (secondary N) is 2. The van der Waals surface area contributed by atoms with Crippen LogP contribution in [-0.4, -0.2) is 41.9 Å². The van der Waals surface area contributed by atoms with Crippen LogP contribution in [0.1, 0.15) is 16.8 Å². The van der Waals surface area contributed by atoms with Crippen molar-refractivity contribution in [1.82, 2.24) is 15.3 Å². The van der Waals surface area contributed by atoms with Gasteiger partial charge in [-0.25, -0.2) is 9.37 Å². The van der Waals surface area contributed by atoms with Crippen LogP contribution < -0.4 is 20.0 Å². The van der Waals surface area contributed by atoms with Crippen LogP contribution in [0.3, 0.4) is 0 Å². The zero-order chi connectivity index (χ0) is 24.5. The SMILES string of the molecule is C=CC(=O)N(C)c1cc(Nc2ccnc(N(Cl)CCCNC(=O)c3ccccc3)n2)ccc1F. The van der Waals surface area contributed by atoms with Gasteiger partial charge < -0.3 is 15.5 Å². The number of hydrogen-bond acceptors (Lipinski definition) is 6. The number of aromatic nitrogens is 2. The molecule has 2 N–H and O–H groups in total.